The Morgan fingerprint density at radius 3 is 2.50 bits per heavy atom. The molecule has 0 aliphatic heterocycles. The summed E-state index contributed by atoms with van der Waals surface area (Å²) in [5.74, 6) is -0.651. The van der Waals surface area contributed by atoms with Crippen LogP contribution in [0.3, 0.4) is 0 Å². The molecular formula is C24H23F3N4O3. The second-order valence-corrected chi connectivity index (χ2v) is 8.51. The first kappa shape index (κ1) is 23.3. The van der Waals surface area contributed by atoms with Gasteiger partial charge in [-0.05, 0) is 69.2 Å². The van der Waals surface area contributed by atoms with Crippen LogP contribution >= 0.6 is 0 Å². The first-order valence-corrected chi connectivity index (χ1v) is 10.8. The number of aromatic nitrogens is 2. The number of hydrogen-bond acceptors (Lipinski definition) is 4. The molecule has 7 nitrogen and oxygen atoms in total. The molecule has 0 spiro atoms. The lowest BCUT2D eigenvalue weighted by Gasteiger charge is -2.11. The zero-order chi connectivity index (χ0) is 24.6. The molecule has 1 heterocycles. The highest BCUT2D eigenvalue weighted by Gasteiger charge is 2.32. The number of hydrogen-bond donors (Lipinski definition) is 3. The minimum Gasteiger partial charge on any atom is -0.507 e. The van der Waals surface area contributed by atoms with Crippen molar-refractivity contribution in [2.24, 2.45) is 0 Å². The summed E-state index contributed by atoms with van der Waals surface area (Å²) < 4.78 is 40.2. The van der Waals surface area contributed by atoms with E-state index in [4.69, 9.17) is 0 Å². The van der Waals surface area contributed by atoms with Crippen LogP contribution in [-0.4, -0.2) is 32.9 Å². The Morgan fingerprint density at radius 1 is 1.12 bits per heavy atom. The summed E-state index contributed by atoms with van der Waals surface area (Å²) in [5.41, 5.74) is 0.517. The summed E-state index contributed by atoms with van der Waals surface area (Å²) in [5, 5.41) is 20.1. The number of aromatic hydroxyl groups is 1. The van der Waals surface area contributed by atoms with E-state index in [0.717, 1.165) is 36.7 Å². The molecule has 2 aromatic carbocycles. The quantitative estimate of drug-likeness (QED) is 0.435. The average Bonchev–Trinajstić information content (AvgIpc) is 3.52. The maximum atomic E-state index is 13.0. The summed E-state index contributed by atoms with van der Waals surface area (Å²) in [7, 11) is 0. The molecule has 3 aromatic rings. The summed E-state index contributed by atoms with van der Waals surface area (Å²) >= 11 is 0. The molecular weight excluding hydrogens is 449 g/mol. The van der Waals surface area contributed by atoms with Crippen LogP contribution in [0.15, 0.2) is 48.5 Å². The minimum atomic E-state index is -4.57. The van der Waals surface area contributed by atoms with Crippen molar-refractivity contribution in [2.75, 3.05) is 5.32 Å². The summed E-state index contributed by atoms with van der Waals surface area (Å²) in [4.78, 5) is 25.2. The zero-order valence-corrected chi connectivity index (χ0v) is 18.5. The lowest BCUT2D eigenvalue weighted by molar-refractivity contribution is -0.137. The standard InChI is InChI=1S/C24H23F3N4O3/c1-13(2)28-23(34)31-20(14-6-7-14)12-19(30-31)18-11-17(8-9-21(18)32)29-22(33)15-4-3-5-16(10-15)24(25,26)27/h3-5,8-14,32H,6-7H2,1-2H3,(H,28,34)(H,29,33). The van der Waals surface area contributed by atoms with E-state index < -0.39 is 17.6 Å². The van der Waals surface area contributed by atoms with Gasteiger partial charge >= 0.3 is 12.2 Å². The van der Waals surface area contributed by atoms with Gasteiger partial charge in [0.05, 0.1) is 17.0 Å². The fourth-order valence-electron chi connectivity index (χ4n) is 3.53. The molecule has 1 fully saturated rings. The number of nitrogens with one attached hydrogen (secondary N) is 2. The molecule has 1 aliphatic carbocycles. The van der Waals surface area contributed by atoms with Gasteiger partial charge < -0.3 is 15.7 Å². The highest BCUT2D eigenvalue weighted by molar-refractivity contribution is 6.04. The number of carbonyl (C=O) groups is 2. The van der Waals surface area contributed by atoms with Gasteiger partial charge in [-0.25, -0.2) is 4.79 Å². The Bertz CT molecular complexity index is 1250. The van der Waals surface area contributed by atoms with Gasteiger partial charge in [-0.3, -0.25) is 4.79 Å². The van der Waals surface area contributed by atoms with Gasteiger partial charge in [-0.15, -0.1) is 0 Å². The molecule has 4 rings (SSSR count). The van der Waals surface area contributed by atoms with Crippen LogP contribution in [-0.2, 0) is 6.18 Å². The number of nitrogens with zero attached hydrogens (tertiary/aromatic N) is 2. The fourth-order valence-corrected chi connectivity index (χ4v) is 3.53. The number of amides is 2. The van der Waals surface area contributed by atoms with Crippen molar-refractivity contribution < 1.29 is 27.9 Å². The maximum Gasteiger partial charge on any atom is 0.416 e. The summed E-state index contributed by atoms with van der Waals surface area (Å²) in [6.07, 6.45) is -2.71. The first-order valence-electron chi connectivity index (χ1n) is 10.8. The smallest absolute Gasteiger partial charge is 0.416 e. The predicted molar refractivity (Wildman–Crippen MR) is 120 cm³/mol. The Labute approximate surface area is 193 Å². The van der Waals surface area contributed by atoms with Crippen molar-refractivity contribution in [3.05, 3.63) is 65.4 Å². The third-order valence-electron chi connectivity index (χ3n) is 5.32. The van der Waals surface area contributed by atoms with Crippen LogP contribution in [0.2, 0.25) is 0 Å². The van der Waals surface area contributed by atoms with E-state index in [1.165, 1.54) is 28.9 Å². The van der Waals surface area contributed by atoms with Crippen LogP contribution in [0, 0.1) is 0 Å². The SMILES string of the molecule is CC(C)NC(=O)n1nc(-c2cc(NC(=O)c3cccc(C(F)(F)F)c3)ccc2O)cc1C1CC1. The molecule has 1 aromatic heterocycles. The molecule has 3 N–H and O–H groups in total. The number of rotatable bonds is 5. The van der Waals surface area contributed by atoms with Crippen molar-refractivity contribution in [1.29, 1.82) is 0 Å². The molecule has 0 saturated heterocycles. The normalized spacial score (nSPS) is 13.7. The molecule has 178 valence electrons. The molecule has 0 unspecified atom stereocenters. The van der Waals surface area contributed by atoms with Gasteiger partial charge in [0, 0.05) is 28.8 Å². The minimum absolute atomic E-state index is 0.0880. The van der Waals surface area contributed by atoms with E-state index in [0.29, 0.717) is 5.69 Å². The fraction of sp³-hybridized carbons (Fsp3) is 0.292. The molecule has 0 radical (unpaired) electrons. The van der Waals surface area contributed by atoms with E-state index >= 15 is 0 Å². The van der Waals surface area contributed by atoms with Crippen LogP contribution in [0.1, 0.15) is 54.2 Å². The van der Waals surface area contributed by atoms with Crippen molar-refractivity contribution >= 4 is 17.6 Å². The lowest BCUT2D eigenvalue weighted by Crippen LogP contribution is -2.35. The van der Waals surface area contributed by atoms with Crippen LogP contribution in [0.5, 0.6) is 5.75 Å². The van der Waals surface area contributed by atoms with Gasteiger partial charge in [0.2, 0.25) is 0 Å². The third-order valence-corrected chi connectivity index (χ3v) is 5.32. The number of carbonyl (C=O) groups excluding carboxylic acids is 2. The Balaban J connectivity index is 1.62. The molecule has 0 atom stereocenters. The molecule has 2 amide bonds. The Hall–Kier alpha value is -3.82. The monoisotopic (exact) mass is 472 g/mol. The summed E-state index contributed by atoms with van der Waals surface area (Å²) in [6.45, 7) is 3.67. The Kier molecular flexibility index (Phi) is 6.07. The highest BCUT2D eigenvalue weighted by Crippen LogP contribution is 2.42. The number of phenols is 1. The van der Waals surface area contributed by atoms with Gasteiger partial charge in [0.1, 0.15) is 5.75 Å². The molecule has 1 aliphatic rings. The zero-order valence-electron chi connectivity index (χ0n) is 18.5. The van der Waals surface area contributed by atoms with Gasteiger partial charge in [-0.1, -0.05) is 6.07 Å². The maximum absolute atomic E-state index is 13.0. The third kappa shape index (κ3) is 5.05. The van der Waals surface area contributed by atoms with Crippen molar-refractivity contribution in [3.8, 4) is 17.0 Å². The number of halogens is 3. The van der Waals surface area contributed by atoms with E-state index in [1.807, 2.05) is 13.8 Å². The van der Waals surface area contributed by atoms with E-state index in [9.17, 15) is 27.9 Å². The van der Waals surface area contributed by atoms with Crippen LogP contribution < -0.4 is 10.6 Å². The van der Waals surface area contributed by atoms with Crippen molar-refractivity contribution in [3.63, 3.8) is 0 Å². The number of alkyl halides is 3. The van der Waals surface area contributed by atoms with Crippen molar-refractivity contribution in [2.45, 2.75) is 44.8 Å². The number of benzene rings is 2. The van der Waals surface area contributed by atoms with E-state index in [1.54, 1.807) is 6.07 Å². The van der Waals surface area contributed by atoms with Gasteiger partial charge in [-0.2, -0.15) is 23.0 Å². The van der Waals surface area contributed by atoms with Crippen molar-refractivity contribution in [1.82, 2.24) is 15.1 Å². The Morgan fingerprint density at radius 2 is 1.85 bits per heavy atom. The van der Waals surface area contributed by atoms with E-state index in [-0.39, 0.29) is 40.6 Å². The second-order valence-electron chi connectivity index (χ2n) is 8.51. The molecule has 34 heavy (non-hydrogen) atoms. The molecule has 1 saturated carbocycles. The highest BCUT2D eigenvalue weighted by atomic mass is 19.4. The lowest BCUT2D eigenvalue weighted by atomic mass is 10.1. The second kappa shape index (κ2) is 8.85. The van der Waals surface area contributed by atoms with Crippen LogP contribution in [0.4, 0.5) is 23.7 Å². The topological polar surface area (TPSA) is 96.3 Å². The van der Waals surface area contributed by atoms with Crippen LogP contribution in [0.25, 0.3) is 11.3 Å². The van der Waals surface area contributed by atoms with Gasteiger partial charge in [0.15, 0.2) is 0 Å². The molecule has 10 heteroatoms. The number of phenolic OH excluding ortho intramolecular Hbond substituents is 1. The molecule has 0 bridgehead atoms. The van der Waals surface area contributed by atoms with E-state index in [2.05, 4.69) is 15.7 Å². The average molecular weight is 472 g/mol. The summed E-state index contributed by atoms with van der Waals surface area (Å²) in [6, 6.07) is 9.60. The number of anilines is 1. The first-order chi connectivity index (χ1) is 16.0. The predicted octanol–water partition coefficient (Wildman–Crippen LogP) is 5.37. The largest absolute Gasteiger partial charge is 0.507 e. The van der Waals surface area contributed by atoms with Gasteiger partial charge in [0.25, 0.3) is 5.91 Å².